The van der Waals surface area contributed by atoms with E-state index in [0.29, 0.717) is 0 Å². The summed E-state index contributed by atoms with van der Waals surface area (Å²) in [4.78, 5) is 2.23. The van der Waals surface area contributed by atoms with Gasteiger partial charge in [-0.2, -0.15) is 0 Å². The van der Waals surface area contributed by atoms with Crippen LogP contribution < -0.4 is 5.32 Å². The van der Waals surface area contributed by atoms with Gasteiger partial charge in [-0.3, -0.25) is 4.90 Å². The van der Waals surface area contributed by atoms with Crippen LogP contribution in [0.4, 0.5) is 4.39 Å². The van der Waals surface area contributed by atoms with Gasteiger partial charge in [-0.25, -0.2) is 4.39 Å². The van der Waals surface area contributed by atoms with E-state index in [-0.39, 0.29) is 25.1 Å². The third-order valence-electron chi connectivity index (χ3n) is 3.34. The minimum absolute atomic E-state index is 0. The van der Waals surface area contributed by atoms with E-state index < -0.39 is 0 Å². The van der Waals surface area contributed by atoms with Gasteiger partial charge in [-0.15, -0.1) is 12.4 Å². The zero-order valence-corrected chi connectivity index (χ0v) is 12.9. The Balaban J connectivity index is 0.00000162. The first-order chi connectivity index (χ1) is 8.22. The summed E-state index contributed by atoms with van der Waals surface area (Å²) >= 11 is 3.46. The van der Waals surface area contributed by atoms with Crippen LogP contribution >= 0.6 is 28.3 Å². The Morgan fingerprint density at radius 3 is 2.67 bits per heavy atom. The third-order valence-corrected chi connectivity index (χ3v) is 3.83. The van der Waals surface area contributed by atoms with Crippen molar-refractivity contribution >= 4 is 28.3 Å². The molecule has 0 saturated carbocycles. The molecule has 0 amide bonds. The Morgan fingerprint density at radius 2 is 2.06 bits per heavy atom. The highest BCUT2D eigenvalue weighted by atomic mass is 79.9. The number of halogens is 3. The van der Waals surface area contributed by atoms with Crippen LogP contribution in [0.5, 0.6) is 0 Å². The predicted molar refractivity (Wildman–Crippen MR) is 79.3 cm³/mol. The second-order valence-corrected chi connectivity index (χ2v) is 5.37. The topological polar surface area (TPSA) is 15.3 Å². The molecule has 1 aromatic carbocycles. The quantitative estimate of drug-likeness (QED) is 0.912. The van der Waals surface area contributed by atoms with Gasteiger partial charge in [0.1, 0.15) is 6.67 Å². The van der Waals surface area contributed by atoms with Crippen LogP contribution in [0.25, 0.3) is 0 Å². The summed E-state index contributed by atoms with van der Waals surface area (Å²) in [6.07, 6.45) is 0. The molecule has 0 spiro atoms. The van der Waals surface area contributed by atoms with Crippen molar-refractivity contribution in [3.8, 4) is 0 Å². The molecule has 1 fully saturated rings. The monoisotopic (exact) mass is 336 g/mol. The van der Waals surface area contributed by atoms with Gasteiger partial charge in [-0.05, 0) is 30.2 Å². The molecule has 102 valence electrons. The predicted octanol–water partition coefficient (Wildman–Crippen LogP) is 3.10. The first-order valence-corrected chi connectivity index (χ1v) is 6.78. The molecule has 0 unspecified atom stereocenters. The summed E-state index contributed by atoms with van der Waals surface area (Å²) < 4.78 is 14.4. The minimum Gasteiger partial charge on any atom is -0.314 e. The molecule has 0 bridgehead atoms. The number of nitrogens with zero attached hydrogens (tertiary/aromatic N) is 1. The van der Waals surface area contributed by atoms with Gasteiger partial charge >= 0.3 is 0 Å². The fraction of sp³-hybridized carbons (Fsp3) is 0.538. The molecule has 18 heavy (non-hydrogen) atoms. The molecule has 1 atom stereocenters. The van der Waals surface area contributed by atoms with Crippen molar-refractivity contribution < 1.29 is 4.39 Å². The fourth-order valence-electron chi connectivity index (χ4n) is 2.34. The van der Waals surface area contributed by atoms with E-state index in [9.17, 15) is 4.39 Å². The number of nitrogens with one attached hydrogen (secondary N) is 1. The van der Waals surface area contributed by atoms with E-state index in [0.717, 1.165) is 41.8 Å². The smallest absolute Gasteiger partial charge is 0.109 e. The second kappa shape index (κ2) is 7.43. The van der Waals surface area contributed by atoms with Crippen LogP contribution in [-0.4, -0.2) is 37.8 Å². The molecular weight excluding hydrogens is 319 g/mol. The van der Waals surface area contributed by atoms with Crippen molar-refractivity contribution in [2.45, 2.75) is 13.0 Å². The molecule has 2 nitrogen and oxygen atoms in total. The van der Waals surface area contributed by atoms with Gasteiger partial charge in [0.05, 0.1) is 6.04 Å². The second-order valence-electron chi connectivity index (χ2n) is 4.46. The van der Waals surface area contributed by atoms with Crippen molar-refractivity contribution in [1.82, 2.24) is 10.2 Å². The molecule has 0 aliphatic carbocycles. The van der Waals surface area contributed by atoms with E-state index in [1.807, 2.05) is 25.1 Å². The summed E-state index contributed by atoms with van der Waals surface area (Å²) in [6, 6.07) is 5.99. The Kier molecular flexibility index (Phi) is 6.57. The van der Waals surface area contributed by atoms with Crippen LogP contribution in [0.2, 0.25) is 0 Å². The van der Waals surface area contributed by atoms with Crippen molar-refractivity contribution in [3.63, 3.8) is 0 Å². The van der Waals surface area contributed by atoms with E-state index in [4.69, 9.17) is 0 Å². The molecule has 1 saturated heterocycles. The average Bonchev–Trinajstić information content (AvgIpc) is 2.36. The Hall–Kier alpha value is -0.160. The molecule has 1 aromatic rings. The number of piperazine rings is 1. The summed E-state index contributed by atoms with van der Waals surface area (Å²) in [5, 5.41) is 3.30. The number of rotatable bonds is 3. The first-order valence-electron chi connectivity index (χ1n) is 5.99. The highest BCUT2D eigenvalue weighted by Gasteiger charge is 2.23. The lowest BCUT2D eigenvalue weighted by atomic mass is 10.0. The zero-order chi connectivity index (χ0) is 12.3. The number of hydrogen-bond acceptors (Lipinski definition) is 2. The van der Waals surface area contributed by atoms with Crippen molar-refractivity contribution in [2.75, 3.05) is 32.9 Å². The first kappa shape index (κ1) is 15.9. The van der Waals surface area contributed by atoms with Crippen molar-refractivity contribution in [1.29, 1.82) is 0 Å². The Bertz CT molecular complexity index is 383. The van der Waals surface area contributed by atoms with Gasteiger partial charge in [0.15, 0.2) is 0 Å². The lowest BCUT2D eigenvalue weighted by Crippen LogP contribution is -2.45. The summed E-state index contributed by atoms with van der Waals surface area (Å²) in [5.41, 5.74) is 2.26. The molecule has 0 aromatic heterocycles. The van der Waals surface area contributed by atoms with Crippen molar-refractivity contribution in [3.05, 3.63) is 33.8 Å². The number of alkyl halides is 1. The molecule has 5 heteroatoms. The zero-order valence-electron chi connectivity index (χ0n) is 10.5. The largest absolute Gasteiger partial charge is 0.314 e. The highest BCUT2D eigenvalue weighted by molar-refractivity contribution is 9.10. The van der Waals surface area contributed by atoms with Crippen LogP contribution in [-0.2, 0) is 0 Å². The normalized spacial score (nSPS) is 18.2. The SMILES string of the molecule is Cc1ccc(Br)cc1[C@H](CF)N1CCNCC1.Cl. The molecule has 2 rings (SSSR count). The fourth-order valence-corrected chi connectivity index (χ4v) is 2.72. The highest BCUT2D eigenvalue weighted by Crippen LogP contribution is 2.27. The summed E-state index contributed by atoms with van der Waals surface area (Å²) in [7, 11) is 0. The minimum atomic E-state index is -0.322. The van der Waals surface area contributed by atoms with Crippen LogP contribution in [0.3, 0.4) is 0 Å². The van der Waals surface area contributed by atoms with Crippen LogP contribution in [0, 0.1) is 6.92 Å². The van der Waals surface area contributed by atoms with E-state index in [2.05, 4.69) is 26.1 Å². The standard InChI is InChI=1S/C13H18BrFN2.ClH/c1-10-2-3-11(14)8-12(10)13(9-15)17-6-4-16-5-7-17;/h2-3,8,13,16H,4-7,9H2,1H3;1H/t13-;/m0./s1. The summed E-state index contributed by atoms with van der Waals surface area (Å²) in [6.45, 7) is 5.46. The number of aryl methyl sites for hydroxylation is 1. The average molecular weight is 338 g/mol. The number of hydrogen-bond donors (Lipinski definition) is 1. The molecule has 1 heterocycles. The maximum atomic E-state index is 13.4. The van der Waals surface area contributed by atoms with Gasteiger partial charge in [0.25, 0.3) is 0 Å². The Morgan fingerprint density at radius 1 is 1.39 bits per heavy atom. The Labute approximate surface area is 122 Å². The lowest BCUT2D eigenvalue weighted by molar-refractivity contribution is 0.147. The van der Waals surface area contributed by atoms with Crippen LogP contribution in [0.15, 0.2) is 22.7 Å². The third kappa shape index (κ3) is 3.67. The summed E-state index contributed by atoms with van der Waals surface area (Å²) in [5.74, 6) is 0. The van der Waals surface area contributed by atoms with E-state index in [1.165, 1.54) is 0 Å². The van der Waals surface area contributed by atoms with Gasteiger partial charge in [0, 0.05) is 30.7 Å². The van der Waals surface area contributed by atoms with E-state index in [1.54, 1.807) is 0 Å². The molecule has 0 radical (unpaired) electrons. The molecule has 1 aliphatic heterocycles. The van der Waals surface area contributed by atoms with E-state index >= 15 is 0 Å². The number of benzene rings is 1. The maximum absolute atomic E-state index is 13.4. The lowest BCUT2D eigenvalue weighted by Gasteiger charge is -2.34. The van der Waals surface area contributed by atoms with Gasteiger partial charge in [-0.1, -0.05) is 22.0 Å². The molecular formula is C13H19BrClFN2. The van der Waals surface area contributed by atoms with Crippen molar-refractivity contribution in [2.24, 2.45) is 0 Å². The van der Waals surface area contributed by atoms with Crippen LogP contribution in [0.1, 0.15) is 17.2 Å². The van der Waals surface area contributed by atoms with Gasteiger partial charge < -0.3 is 5.32 Å². The molecule has 1 aliphatic rings. The molecule has 1 N–H and O–H groups in total. The van der Waals surface area contributed by atoms with Gasteiger partial charge in [0.2, 0.25) is 0 Å². The maximum Gasteiger partial charge on any atom is 0.109 e.